The molecule has 2 N–H and O–H groups in total. The topological polar surface area (TPSA) is 120 Å². The van der Waals surface area contributed by atoms with Crippen LogP contribution in [0.4, 0.5) is 5.88 Å². The van der Waals surface area contributed by atoms with Crippen molar-refractivity contribution in [1.29, 1.82) is 5.26 Å². The summed E-state index contributed by atoms with van der Waals surface area (Å²) in [6.45, 7) is 3.27. The number of nitrogens with zero attached hydrogens (tertiary/aromatic N) is 1. The number of hydrogen-bond donors (Lipinski definition) is 2. The molecule has 22 heavy (non-hydrogen) atoms. The lowest BCUT2D eigenvalue weighted by molar-refractivity contribution is 0.0696. The van der Waals surface area contributed by atoms with Gasteiger partial charge in [-0.15, -0.1) is 0 Å². The summed E-state index contributed by atoms with van der Waals surface area (Å²) < 4.78 is 31.9. The van der Waals surface area contributed by atoms with Crippen molar-refractivity contribution in [3.8, 4) is 6.07 Å². The Hall–Kier alpha value is -2.79. The first-order chi connectivity index (χ1) is 10.3. The molecular formula is C14H12N2O5S. The predicted molar refractivity (Wildman–Crippen MR) is 77.1 cm³/mol. The summed E-state index contributed by atoms with van der Waals surface area (Å²) in [6.07, 6.45) is 0. The second-order valence-corrected chi connectivity index (χ2v) is 6.22. The maximum absolute atomic E-state index is 12.2. The van der Waals surface area contributed by atoms with E-state index in [9.17, 15) is 13.2 Å². The molecule has 0 bridgehead atoms. The number of aryl methyl sites for hydroxylation is 1. The maximum atomic E-state index is 12.2. The number of carbonyl (C=O) groups is 1. The van der Waals surface area contributed by atoms with Gasteiger partial charge in [0.2, 0.25) is 5.88 Å². The molecule has 1 aromatic carbocycles. The largest absolute Gasteiger partial charge is 0.478 e. The second-order valence-electron chi connectivity index (χ2n) is 4.53. The van der Waals surface area contributed by atoms with E-state index in [1.165, 1.54) is 24.3 Å². The first-order valence-corrected chi connectivity index (χ1v) is 7.61. The van der Waals surface area contributed by atoms with Gasteiger partial charge in [0, 0.05) is 5.56 Å². The molecule has 0 atom stereocenters. The van der Waals surface area contributed by atoms with Crippen LogP contribution in [0.15, 0.2) is 33.6 Å². The molecule has 1 heterocycles. The normalized spacial score (nSPS) is 11.0. The van der Waals surface area contributed by atoms with Crippen molar-refractivity contribution < 1.29 is 22.7 Å². The third-order valence-electron chi connectivity index (χ3n) is 3.14. The Morgan fingerprint density at radius 2 is 1.86 bits per heavy atom. The molecule has 0 aliphatic rings. The fourth-order valence-electron chi connectivity index (χ4n) is 1.79. The van der Waals surface area contributed by atoms with Crippen molar-refractivity contribution >= 4 is 21.9 Å². The summed E-state index contributed by atoms with van der Waals surface area (Å²) in [5, 5.41) is 17.9. The van der Waals surface area contributed by atoms with Gasteiger partial charge in [-0.25, -0.2) is 17.9 Å². The Morgan fingerprint density at radius 3 is 2.36 bits per heavy atom. The molecule has 2 aromatic rings. The Bertz CT molecular complexity index is 873. The molecule has 0 saturated heterocycles. The molecule has 0 saturated carbocycles. The lowest BCUT2D eigenvalue weighted by atomic mass is 10.2. The van der Waals surface area contributed by atoms with E-state index in [0.717, 1.165) is 0 Å². The van der Waals surface area contributed by atoms with E-state index < -0.39 is 16.0 Å². The minimum absolute atomic E-state index is 0.0265. The Labute approximate surface area is 126 Å². The monoisotopic (exact) mass is 320 g/mol. The van der Waals surface area contributed by atoms with Crippen molar-refractivity contribution in [2.24, 2.45) is 0 Å². The molecule has 114 valence electrons. The van der Waals surface area contributed by atoms with Crippen molar-refractivity contribution in [3.05, 3.63) is 46.7 Å². The molecule has 0 aliphatic heterocycles. The summed E-state index contributed by atoms with van der Waals surface area (Å²) in [5.74, 6) is -0.865. The number of furan rings is 1. The van der Waals surface area contributed by atoms with Crippen LogP contribution in [0, 0.1) is 25.2 Å². The molecule has 0 amide bonds. The third-order valence-corrected chi connectivity index (χ3v) is 4.48. The average Bonchev–Trinajstić information content (AvgIpc) is 2.72. The number of carboxylic acids is 1. The van der Waals surface area contributed by atoms with Crippen LogP contribution in [0.2, 0.25) is 0 Å². The Morgan fingerprint density at radius 1 is 1.27 bits per heavy atom. The van der Waals surface area contributed by atoms with E-state index in [1.807, 2.05) is 6.07 Å². The SMILES string of the molecule is Cc1oc(NS(=O)(=O)c2ccc(C(=O)O)cc2)c(C#N)c1C. The van der Waals surface area contributed by atoms with Gasteiger partial charge in [-0.05, 0) is 38.1 Å². The molecule has 0 fully saturated rings. The van der Waals surface area contributed by atoms with Gasteiger partial charge in [-0.3, -0.25) is 0 Å². The van der Waals surface area contributed by atoms with Crippen molar-refractivity contribution in [2.45, 2.75) is 18.7 Å². The number of aromatic carboxylic acids is 1. The van der Waals surface area contributed by atoms with Gasteiger partial charge in [-0.2, -0.15) is 5.26 Å². The fraction of sp³-hybridized carbons (Fsp3) is 0.143. The molecule has 7 nitrogen and oxygen atoms in total. The number of sulfonamides is 1. The molecule has 8 heteroatoms. The highest BCUT2D eigenvalue weighted by Crippen LogP contribution is 2.27. The summed E-state index contributed by atoms with van der Waals surface area (Å²) >= 11 is 0. The van der Waals surface area contributed by atoms with Gasteiger partial charge in [0.25, 0.3) is 10.0 Å². The van der Waals surface area contributed by atoms with Crippen molar-refractivity contribution in [2.75, 3.05) is 4.72 Å². The van der Waals surface area contributed by atoms with E-state index in [1.54, 1.807) is 13.8 Å². The molecule has 0 radical (unpaired) electrons. The number of anilines is 1. The fourth-order valence-corrected chi connectivity index (χ4v) is 2.79. The van der Waals surface area contributed by atoms with Gasteiger partial charge in [0.05, 0.1) is 10.5 Å². The number of nitrogens with one attached hydrogen (secondary N) is 1. The van der Waals surface area contributed by atoms with Gasteiger partial charge < -0.3 is 9.52 Å². The molecule has 0 aliphatic carbocycles. The first-order valence-electron chi connectivity index (χ1n) is 6.12. The second kappa shape index (κ2) is 5.54. The van der Waals surface area contributed by atoms with E-state index in [-0.39, 0.29) is 21.9 Å². The van der Waals surface area contributed by atoms with Crippen molar-refractivity contribution in [1.82, 2.24) is 0 Å². The minimum Gasteiger partial charge on any atom is -0.478 e. The molecule has 2 rings (SSSR count). The predicted octanol–water partition coefficient (Wildman–Crippen LogP) is 2.27. The Kier molecular flexibility index (Phi) is 3.93. The van der Waals surface area contributed by atoms with Gasteiger partial charge in [0.1, 0.15) is 17.4 Å². The zero-order valence-corrected chi connectivity index (χ0v) is 12.6. The van der Waals surface area contributed by atoms with E-state index >= 15 is 0 Å². The summed E-state index contributed by atoms with van der Waals surface area (Å²) in [4.78, 5) is 10.6. The van der Waals surface area contributed by atoms with Crippen LogP contribution in [-0.2, 0) is 10.0 Å². The van der Waals surface area contributed by atoms with Crippen LogP contribution in [0.5, 0.6) is 0 Å². The highest BCUT2D eigenvalue weighted by Gasteiger charge is 2.21. The summed E-state index contributed by atoms with van der Waals surface area (Å²) in [5.41, 5.74) is 0.644. The third kappa shape index (κ3) is 2.80. The average molecular weight is 320 g/mol. The van der Waals surface area contributed by atoms with E-state index in [2.05, 4.69) is 4.72 Å². The number of hydrogen-bond acceptors (Lipinski definition) is 5. The molecular weight excluding hydrogens is 308 g/mol. The maximum Gasteiger partial charge on any atom is 0.335 e. The highest BCUT2D eigenvalue weighted by atomic mass is 32.2. The molecule has 0 unspecified atom stereocenters. The van der Waals surface area contributed by atoms with Gasteiger partial charge in [-0.1, -0.05) is 0 Å². The highest BCUT2D eigenvalue weighted by molar-refractivity contribution is 7.92. The number of carboxylic acid groups (broad SMARTS) is 1. The van der Waals surface area contributed by atoms with Crippen LogP contribution in [0.1, 0.15) is 27.2 Å². The lowest BCUT2D eigenvalue weighted by Gasteiger charge is -2.06. The van der Waals surface area contributed by atoms with Crippen molar-refractivity contribution in [3.63, 3.8) is 0 Å². The minimum atomic E-state index is -3.98. The van der Waals surface area contributed by atoms with Crippen LogP contribution >= 0.6 is 0 Å². The summed E-state index contributed by atoms with van der Waals surface area (Å²) in [6, 6.07) is 6.58. The smallest absolute Gasteiger partial charge is 0.335 e. The van der Waals surface area contributed by atoms with Crippen LogP contribution < -0.4 is 4.72 Å². The molecule has 1 aromatic heterocycles. The molecule has 0 spiro atoms. The summed E-state index contributed by atoms with van der Waals surface area (Å²) in [7, 11) is -3.98. The van der Waals surface area contributed by atoms with Crippen LogP contribution in [0.25, 0.3) is 0 Å². The van der Waals surface area contributed by atoms with Crippen LogP contribution in [0.3, 0.4) is 0 Å². The zero-order chi connectivity index (χ0) is 16.5. The Balaban J connectivity index is 2.38. The van der Waals surface area contributed by atoms with Gasteiger partial charge in [0.15, 0.2) is 0 Å². The van der Waals surface area contributed by atoms with E-state index in [4.69, 9.17) is 14.8 Å². The zero-order valence-electron chi connectivity index (χ0n) is 11.7. The number of nitriles is 1. The van der Waals surface area contributed by atoms with E-state index in [0.29, 0.717) is 11.3 Å². The lowest BCUT2D eigenvalue weighted by Crippen LogP contribution is -2.13. The standard InChI is InChI=1S/C14H12N2O5S/c1-8-9(2)21-13(12(8)7-15)16-22(19,20)11-5-3-10(4-6-11)14(17)18/h3-6,16H,1-2H3,(H,17,18). The number of rotatable bonds is 4. The number of benzene rings is 1. The van der Waals surface area contributed by atoms with Gasteiger partial charge >= 0.3 is 5.97 Å². The first kappa shape index (κ1) is 15.6. The van der Waals surface area contributed by atoms with Crippen LogP contribution in [-0.4, -0.2) is 19.5 Å². The quantitative estimate of drug-likeness (QED) is 0.891.